The van der Waals surface area contributed by atoms with Gasteiger partial charge in [0.25, 0.3) is 0 Å². The highest BCUT2D eigenvalue weighted by molar-refractivity contribution is 6.00. The van der Waals surface area contributed by atoms with Crippen molar-refractivity contribution >= 4 is 17.4 Å². The number of benzene rings is 3. The van der Waals surface area contributed by atoms with E-state index in [0.717, 1.165) is 22.5 Å². The summed E-state index contributed by atoms with van der Waals surface area (Å²) in [6.07, 6.45) is 0.132. The number of rotatable bonds is 11. The molecule has 0 fully saturated rings. The lowest BCUT2D eigenvalue weighted by Crippen LogP contribution is -2.14. The van der Waals surface area contributed by atoms with Crippen LogP contribution in [-0.4, -0.2) is 29.9 Å². The molecule has 188 valence electrons. The minimum atomic E-state index is -0.242. The van der Waals surface area contributed by atoms with Crippen LogP contribution in [0.15, 0.2) is 91.0 Å². The molecule has 0 aliphatic carbocycles. The first-order valence-corrected chi connectivity index (χ1v) is 12.4. The lowest BCUT2D eigenvalue weighted by molar-refractivity contribution is -0.116. The highest BCUT2D eigenvalue weighted by Gasteiger charge is 2.15. The van der Waals surface area contributed by atoms with Crippen LogP contribution in [0.4, 0.5) is 5.69 Å². The van der Waals surface area contributed by atoms with E-state index in [2.05, 4.69) is 5.32 Å². The van der Waals surface area contributed by atoms with Crippen LogP contribution in [0, 0.1) is 0 Å². The molecule has 0 unspecified atom stereocenters. The summed E-state index contributed by atoms with van der Waals surface area (Å²) in [5.74, 6) is 0.746. The monoisotopic (exact) mass is 494 g/mol. The standard InChI is InChI=1S/C31H30N2O4/c1-3-36-29-17-15-24(19-30(29)37-4-2)28(34)16-18-31(35)32-25-20-26(22-11-7-5-8-12-22)33-27(21-25)23-13-9-6-10-14-23/h5-15,17,19-21H,3-4,16,18H2,1-2H3,(H,32,33,35). The van der Waals surface area contributed by atoms with Crippen molar-refractivity contribution in [1.29, 1.82) is 0 Å². The fourth-order valence-corrected chi connectivity index (χ4v) is 3.94. The molecule has 4 aromatic rings. The maximum Gasteiger partial charge on any atom is 0.224 e. The maximum absolute atomic E-state index is 12.8. The molecule has 0 radical (unpaired) electrons. The molecule has 4 rings (SSSR count). The quantitative estimate of drug-likeness (QED) is 0.232. The Morgan fingerprint density at radius 1 is 0.703 bits per heavy atom. The van der Waals surface area contributed by atoms with Gasteiger partial charge in [0.15, 0.2) is 17.3 Å². The van der Waals surface area contributed by atoms with Gasteiger partial charge in [-0.15, -0.1) is 0 Å². The summed E-state index contributed by atoms with van der Waals surface area (Å²) in [6.45, 7) is 4.73. The Hall–Kier alpha value is -4.45. The van der Waals surface area contributed by atoms with Gasteiger partial charge < -0.3 is 14.8 Å². The second-order valence-corrected chi connectivity index (χ2v) is 8.36. The third-order valence-electron chi connectivity index (χ3n) is 5.69. The molecule has 1 heterocycles. The van der Waals surface area contributed by atoms with Gasteiger partial charge in [-0.05, 0) is 44.2 Å². The molecular weight excluding hydrogens is 464 g/mol. The molecule has 6 nitrogen and oxygen atoms in total. The van der Waals surface area contributed by atoms with E-state index in [0.29, 0.717) is 36.0 Å². The highest BCUT2D eigenvalue weighted by atomic mass is 16.5. The summed E-state index contributed by atoms with van der Waals surface area (Å²) in [5.41, 5.74) is 4.53. The molecule has 3 aromatic carbocycles. The molecule has 0 saturated carbocycles. The zero-order chi connectivity index (χ0) is 26.0. The number of nitrogens with zero attached hydrogens (tertiary/aromatic N) is 1. The minimum absolute atomic E-state index is 0.0552. The number of hydrogen-bond donors (Lipinski definition) is 1. The largest absolute Gasteiger partial charge is 0.490 e. The van der Waals surface area contributed by atoms with Crippen molar-refractivity contribution in [2.24, 2.45) is 0 Å². The predicted octanol–water partition coefficient (Wildman–Crippen LogP) is 6.81. The van der Waals surface area contributed by atoms with Crippen LogP contribution >= 0.6 is 0 Å². The number of ketones is 1. The van der Waals surface area contributed by atoms with Gasteiger partial charge >= 0.3 is 0 Å². The Labute approximate surface area is 217 Å². The van der Waals surface area contributed by atoms with E-state index in [4.69, 9.17) is 14.5 Å². The topological polar surface area (TPSA) is 77.5 Å². The van der Waals surface area contributed by atoms with Crippen LogP contribution in [-0.2, 0) is 4.79 Å². The summed E-state index contributed by atoms with van der Waals surface area (Å²) in [7, 11) is 0. The minimum Gasteiger partial charge on any atom is -0.490 e. The average molecular weight is 495 g/mol. The van der Waals surface area contributed by atoms with Gasteiger partial charge in [-0.1, -0.05) is 60.7 Å². The van der Waals surface area contributed by atoms with Crippen LogP contribution in [0.5, 0.6) is 11.5 Å². The second-order valence-electron chi connectivity index (χ2n) is 8.36. The maximum atomic E-state index is 12.8. The van der Waals surface area contributed by atoms with Crippen molar-refractivity contribution < 1.29 is 19.1 Å². The Kier molecular flexibility index (Phi) is 8.66. The zero-order valence-electron chi connectivity index (χ0n) is 21.1. The summed E-state index contributed by atoms with van der Waals surface area (Å²) in [4.78, 5) is 30.5. The van der Waals surface area contributed by atoms with Crippen molar-refractivity contribution in [2.75, 3.05) is 18.5 Å². The molecule has 0 bridgehead atoms. The number of pyridine rings is 1. The van der Waals surface area contributed by atoms with E-state index in [1.807, 2.05) is 86.6 Å². The molecule has 0 aliphatic rings. The van der Waals surface area contributed by atoms with Crippen molar-refractivity contribution in [3.63, 3.8) is 0 Å². The first-order chi connectivity index (χ1) is 18.1. The molecule has 0 spiro atoms. The molecule has 6 heteroatoms. The number of ether oxygens (including phenoxy) is 2. The fraction of sp³-hybridized carbons (Fsp3) is 0.194. The van der Waals surface area contributed by atoms with E-state index in [1.165, 1.54) is 0 Å². The Morgan fingerprint density at radius 3 is 1.84 bits per heavy atom. The molecule has 1 N–H and O–H groups in total. The van der Waals surface area contributed by atoms with Crippen LogP contribution < -0.4 is 14.8 Å². The van der Waals surface area contributed by atoms with Gasteiger partial charge in [0.05, 0.1) is 24.6 Å². The van der Waals surface area contributed by atoms with Crippen LogP contribution in [0.3, 0.4) is 0 Å². The molecular formula is C31H30N2O4. The third kappa shape index (κ3) is 6.82. The van der Waals surface area contributed by atoms with Crippen LogP contribution in [0.25, 0.3) is 22.5 Å². The van der Waals surface area contributed by atoms with Crippen molar-refractivity contribution in [3.05, 3.63) is 96.6 Å². The number of amides is 1. The number of nitrogens with one attached hydrogen (secondary N) is 1. The van der Waals surface area contributed by atoms with Gasteiger partial charge in [-0.25, -0.2) is 4.98 Å². The van der Waals surface area contributed by atoms with E-state index < -0.39 is 0 Å². The van der Waals surface area contributed by atoms with E-state index >= 15 is 0 Å². The van der Waals surface area contributed by atoms with Crippen LogP contribution in [0.2, 0.25) is 0 Å². The number of hydrogen-bond acceptors (Lipinski definition) is 5. The number of aromatic nitrogens is 1. The van der Waals surface area contributed by atoms with E-state index in [9.17, 15) is 9.59 Å². The summed E-state index contributed by atoms with van der Waals surface area (Å²) in [5, 5.41) is 2.95. The smallest absolute Gasteiger partial charge is 0.224 e. The number of carbonyl (C=O) groups excluding carboxylic acids is 2. The normalized spacial score (nSPS) is 10.5. The van der Waals surface area contributed by atoms with Gasteiger partial charge in [-0.2, -0.15) is 0 Å². The van der Waals surface area contributed by atoms with E-state index in [-0.39, 0.29) is 24.5 Å². The SMILES string of the molecule is CCOc1ccc(C(=O)CCC(=O)Nc2cc(-c3ccccc3)nc(-c3ccccc3)c2)cc1OCC. The van der Waals surface area contributed by atoms with Crippen molar-refractivity contribution in [1.82, 2.24) is 4.98 Å². The molecule has 0 aliphatic heterocycles. The van der Waals surface area contributed by atoms with Gasteiger partial charge in [0.2, 0.25) is 5.91 Å². The molecule has 1 amide bonds. The van der Waals surface area contributed by atoms with Gasteiger partial charge in [0.1, 0.15) is 0 Å². The third-order valence-corrected chi connectivity index (χ3v) is 5.69. The number of carbonyl (C=O) groups is 2. The van der Waals surface area contributed by atoms with Crippen LogP contribution in [0.1, 0.15) is 37.0 Å². The molecule has 37 heavy (non-hydrogen) atoms. The predicted molar refractivity (Wildman–Crippen MR) is 146 cm³/mol. The lowest BCUT2D eigenvalue weighted by atomic mass is 10.1. The molecule has 1 aromatic heterocycles. The average Bonchev–Trinajstić information content (AvgIpc) is 2.93. The highest BCUT2D eigenvalue weighted by Crippen LogP contribution is 2.30. The first-order valence-electron chi connectivity index (χ1n) is 12.4. The van der Waals surface area contributed by atoms with Gasteiger partial charge in [-0.3, -0.25) is 9.59 Å². The Bertz CT molecular complexity index is 1300. The fourth-order valence-electron chi connectivity index (χ4n) is 3.94. The number of Topliss-reactive ketones (excluding diaryl/α,β-unsaturated/α-hetero) is 1. The molecule has 0 saturated heterocycles. The summed E-state index contributed by atoms with van der Waals surface area (Å²) < 4.78 is 11.2. The Morgan fingerprint density at radius 2 is 1.27 bits per heavy atom. The Balaban J connectivity index is 1.48. The summed E-state index contributed by atoms with van der Waals surface area (Å²) >= 11 is 0. The first kappa shape index (κ1) is 25.6. The van der Waals surface area contributed by atoms with E-state index in [1.54, 1.807) is 18.2 Å². The number of anilines is 1. The second kappa shape index (κ2) is 12.5. The summed E-state index contributed by atoms with van der Waals surface area (Å²) in [6, 6.07) is 28.4. The lowest BCUT2D eigenvalue weighted by Gasteiger charge is -2.12. The van der Waals surface area contributed by atoms with Crippen molar-refractivity contribution in [3.8, 4) is 34.0 Å². The van der Waals surface area contributed by atoms with Crippen molar-refractivity contribution in [2.45, 2.75) is 26.7 Å². The molecule has 0 atom stereocenters. The zero-order valence-corrected chi connectivity index (χ0v) is 21.1. The van der Waals surface area contributed by atoms with Gasteiger partial charge in [0, 0.05) is 35.2 Å².